The SMILES string of the molecule is CCc1ccccc1NC(=O)COC(=O)c1cccc(N2C(=O)[C@@H]3[C@H]4CC[C@@H](C4)[C@H]3C2=O)c1. The lowest BCUT2D eigenvalue weighted by atomic mass is 9.81. The molecule has 0 unspecified atom stereocenters. The van der Waals surface area contributed by atoms with E-state index in [-0.39, 0.29) is 29.2 Å². The normalized spacial score (nSPS) is 25.3. The Morgan fingerprint density at radius 2 is 1.70 bits per heavy atom. The fourth-order valence-corrected chi connectivity index (χ4v) is 5.79. The van der Waals surface area contributed by atoms with Crippen molar-refractivity contribution >= 4 is 35.1 Å². The van der Waals surface area contributed by atoms with E-state index in [1.165, 1.54) is 11.0 Å². The number of hydrogen-bond donors (Lipinski definition) is 1. The minimum absolute atomic E-state index is 0.156. The Morgan fingerprint density at radius 3 is 2.39 bits per heavy atom. The van der Waals surface area contributed by atoms with Crippen LogP contribution >= 0.6 is 0 Å². The first kappa shape index (κ1) is 21.4. The number of aryl methyl sites for hydroxylation is 1. The predicted molar refractivity (Wildman–Crippen MR) is 121 cm³/mol. The number of rotatable bonds is 6. The van der Waals surface area contributed by atoms with Gasteiger partial charge in [-0.1, -0.05) is 31.2 Å². The number of carbonyl (C=O) groups excluding carboxylic acids is 4. The summed E-state index contributed by atoms with van der Waals surface area (Å²) in [5, 5.41) is 2.76. The maximum Gasteiger partial charge on any atom is 0.338 e. The quantitative estimate of drug-likeness (QED) is 0.541. The number of fused-ring (bicyclic) bond motifs is 5. The third kappa shape index (κ3) is 3.71. The van der Waals surface area contributed by atoms with Crippen molar-refractivity contribution < 1.29 is 23.9 Å². The highest BCUT2D eigenvalue weighted by Crippen LogP contribution is 2.56. The van der Waals surface area contributed by atoms with E-state index >= 15 is 0 Å². The van der Waals surface area contributed by atoms with Crippen LogP contribution in [0.1, 0.15) is 42.1 Å². The fraction of sp³-hybridized carbons (Fsp3) is 0.385. The van der Waals surface area contributed by atoms with Gasteiger partial charge in [0.25, 0.3) is 5.91 Å². The van der Waals surface area contributed by atoms with Crippen LogP contribution in [0.15, 0.2) is 48.5 Å². The van der Waals surface area contributed by atoms with Crippen molar-refractivity contribution in [3.05, 3.63) is 59.7 Å². The lowest BCUT2D eigenvalue weighted by molar-refractivity contribution is -0.123. The molecule has 2 bridgehead atoms. The van der Waals surface area contributed by atoms with E-state index in [0.717, 1.165) is 31.2 Å². The van der Waals surface area contributed by atoms with E-state index in [9.17, 15) is 19.2 Å². The van der Waals surface area contributed by atoms with Gasteiger partial charge in [-0.25, -0.2) is 4.79 Å². The molecule has 4 atom stereocenters. The molecule has 3 aliphatic rings. The summed E-state index contributed by atoms with van der Waals surface area (Å²) in [5.74, 6) is -1.28. The molecule has 2 aromatic carbocycles. The molecular weight excluding hydrogens is 420 g/mol. The summed E-state index contributed by atoms with van der Waals surface area (Å²) < 4.78 is 5.19. The average molecular weight is 447 g/mol. The molecule has 0 spiro atoms. The summed E-state index contributed by atoms with van der Waals surface area (Å²) in [6, 6.07) is 13.8. The van der Waals surface area contributed by atoms with E-state index < -0.39 is 18.5 Å². The standard InChI is InChI=1S/C26H26N2O5/c1-2-15-6-3-4-9-20(15)27-21(29)14-33-26(32)18-7-5-8-19(13-18)28-24(30)22-16-10-11-17(12-16)23(22)25(28)31/h3-9,13,16-17,22-23H,2,10-12,14H2,1H3,(H,27,29)/t16-,17-,22+,23+/m0/s1. The average Bonchev–Trinajstić information content (AvgIpc) is 3.51. The molecule has 1 saturated heterocycles. The highest BCUT2D eigenvalue weighted by atomic mass is 16.5. The van der Waals surface area contributed by atoms with Gasteiger partial charge in [0.15, 0.2) is 6.61 Å². The van der Waals surface area contributed by atoms with Gasteiger partial charge in [-0.2, -0.15) is 0 Å². The molecule has 1 heterocycles. The number of anilines is 2. The van der Waals surface area contributed by atoms with E-state index in [4.69, 9.17) is 4.74 Å². The van der Waals surface area contributed by atoms with Crippen molar-refractivity contribution in [3.63, 3.8) is 0 Å². The van der Waals surface area contributed by atoms with Crippen LogP contribution in [-0.2, 0) is 25.5 Å². The largest absolute Gasteiger partial charge is 0.452 e. The maximum absolute atomic E-state index is 13.0. The van der Waals surface area contributed by atoms with Crippen LogP contribution < -0.4 is 10.2 Å². The molecule has 2 saturated carbocycles. The van der Waals surface area contributed by atoms with E-state index in [0.29, 0.717) is 23.2 Å². The summed E-state index contributed by atoms with van der Waals surface area (Å²) in [6.45, 7) is 1.56. The molecule has 0 radical (unpaired) electrons. The minimum atomic E-state index is -0.685. The summed E-state index contributed by atoms with van der Waals surface area (Å²) in [7, 11) is 0. The number of nitrogens with one attached hydrogen (secondary N) is 1. The summed E-state index contributed by atoms with van der Waals surface area (Å²) in [5.41, 5.74) is 2.25. The second-order valence-electron chi connectivity index (χ2n) is 9.08. The second-order valence-corrected chi connectivity index (χ2v) is 9.08. The van der Waals surface area contributed by atoms with Crippen LogP contribution in [0.25, 0.3) is 0 Å². The van der Waals surface area contributed by atoms with Crippen molar-refractivity contribution in [2.24, 2.45) is 23.7 Å². The van der Waals surface area contributed by atoms with Gasteiger partial charge in [0.2, 0.25) is 11.8 Å². The van der Waals surface area contributed by atoms with Crippen LogP contribution in [0, 0.1) is 23.7 Å². The van der Waals surface area contributed by atoms with Crippen molar-refractivity contribution in [1.82, 2.24) is 0 Å². The number of esters is 1. The molecule has 1 aliphatic heterocycles. The third-order valence-corrected chi connectivity index (χ3v) is 7.27. The van der Waals surface area contributed by atoms with Gasteiger partial charge < -0.3 is 10.1 Å². The number of hydrogen-bond acceptors (Lipinski definition) is 5. The molecule has 2 aliphatic carbocycles. The lowest BCUT2D eigenvalue weighted by Crippen LogP contribution is -2.32. The van der Waals surface area contributed by atoms with Crippen molar-refractivity contribution in [1.29, 1.82) is 0 Å². The van der Waals surface area contributed by atoms with Crippen molar-refractivity contribution in [2.45, 2.75) is 32.6 Å². The van der Waals surface area contributed by atoms with Gasteiger partial charge >= 0.3 is 5.97 Å². The molecule has 170 valence electrons. The number of para-hydroxylation sites is 1. The van der Waals surface area contributed by atoms with Gasteiger partial charge in [-0.15, -0.1) is 0 Å². The van der Waals surface area contributed by atoms with Gasteiger partial charge in [-0.3, -0.25) is 19.3 Å². The summed E-state index contributed by atoms with van der Waals surface area (Å²) in [6.07, 6.45) is 3.75. The number of nitrogens with zero attached hydrogens (tertiary/aromatic N) is 1. The molecule has 7 heteroatoms. The van der Waals surface area contributed by atoms with Gasteiger partial charge in [0, 0.05) is 5.69 Å². The van der Waals surface area contributed by atoms with E-state index in [2.05, 4.69) is 5.32 Å². The lowest BCUT2D eigenvalue weighted by Gasteiger charge is -2.19. The number of imide groups is 1. The maximum atomic E-state index is 13.0. The highest BCUT2D eigenvalue weighted by molar-refractivity contribution is 6.22. The van der Waals surface area contributed by atoms with Crippen LogP contribution in [0.3, 0.4) is 0 Å². The Hall–Kier alpha value is -3.48. The van der Waals surface area contributed by atoms with Crippen LogP contribution in [-0.4, -0.2) is 30.3 Å². The van der Waals surface area contributed by atoms with Gasteiger partial charge in [0.05, 0.1) is 23.1 Å². The number of amides is 3. The first-order valence-corrected chi connectivity index (χ1v) is 11.5. The number of ether oxygens (including phenoxy) is 1. The molecule has 5 rings (SSSR count). The fourth-order valence-electron chi connectivity index (χ4n) is 5.79. The molecular formula is C26H26N2O5. The zero-order valence-corrected chi connectivity index (χ0v) is 18.5. The zero-order valence-electron chi connectivity index (χ0n) is 18.5. The van der Waals surface area contributed by atoms with Crippen molar-refractivity contribution in [2.75, 3.05) is 16.8 Å². The van der Waals surface area contributed by atoms with Crippen LogP contribution in [0.5, 0.6) is 0 Å². The molecule has 1 N–H and O–H groups in total. The summed E-state index contributed by atoms with van der Waals surface area (Å²) >= 11 is 0. The van der Waals surface area contributed by atoms with Gasteiger partial charge in [0.1, 0.15) is 0 Å². The first-order valence-electron chi connectivity index (χ1n) is 11.5. The van der Waals surface area contributed by atoms with Crippen LogP contribution in [0.2, 0.25) is 0 Å². The Bertz CT molecular complexity index is 1120. The smallest absolute Gasteiger partial charge is 0.338 e. The second kappa shape index (κ2) is 8.46. The van der Waals surface area contributed by atoms with E-state index in [1.807, 2.05) is 25.1 Å². The number of benzene rings is 2. The molecule has 2 aromatic rings. The Balaban J connectivity index is 1.25. The predicted octanol–water partition coefficient (Wildman–Crippen LogP) is 3.58. The topological polar surface area (TPSA) is 92.8 Å². The molecule has 33 heavy (non-hydrogen) atoms. The molecule has 7 nitrogen and oxygen atoms in total. The Labute approximate surface area is 192 Å². The van der Waals surface area contributed by atoms with E-state index in [1.54, 1.807) is 24.3 Å². The van der Waals surface area contributed by atoms with Crippen molar-refractivity contribution in [3.8, 4) is 0 Å². The third-order valence-electron chi connectivity index (χ3n) is 7.27. The highest BCUT2D eigenvalue weighted by Gasteiger charge is 2.61. The summed E-state index contributed by atoms with van der Waals surface area (Å²) in [4.78, 5) is 52.2. The van der Waals surface area contributed by atoms with Gasteiger partial charge in [-0.05, 0) is 67.3 Å². The Kier molecular flexibility index (Phi) is 5.48. The Morgan fingerprint density at radius 1 is 1.00 bits per heavy atom. The van der Waals surface area contributed by atoms with Crippen LogP contribution in [0.4, 0.5) is 11.4 Å². The molecule has 0 aromatic heterocycles. The minimum Gasteiger partial charge on any atom is -0.452 e. The zero-order chi connectivity index (χ0) is 23.1. The number of carbonyl (C=O) groups is 4. The monoisotopic (exact) mass is 446 g/mol. The first-order chi connectivity index (χ1) is 16.0. The molecule has 3 fully saturated rings. The molecule has 3 amide bonds.